The summed E-state index contributed by atoms with van der Waals surface area (Å²) in [4.78, 5) is 0. The van der Waals surface area contributed by atoms with Crippen LogP contribution in [0.1, 0.15) is 39.0 Å². The van der Waals surface area contributed by atoms with Gasteiger partial charge in [-0.05, 0) is 50.9 Å². The molecule has 2 nitrogen and oxygen atoms in total. The third kappa shape index (κ3) is 1.50. The van der Waals surface area contributed by atoms with Crippen molar-refractivity contribution in [1.29, 1.82) is 0 Å². The lowest BCUT2D eigenvalue weighted by Crippen LogP contribution is -2.46. The lowest BCUT2D eigenvalue weighted by molar-refractivity contribution is -0.0423. The van der Waals surface area contributed by atoms with Gasteiger partial charge in [-0.2, -0.15) is 0 Å². The van der Waals surface area contributed by atoms with E-state index in [1.165, 1.54) is 19.3 Å². The van der Waals surface area contributed by atoms with Crippen molar-refractivity contribution in [1.82, 2.24) is 0 Å². The predicted molar refractivity (Wildman–Crippen MR) is 48.7 cm³/mol. The highest BCUT2D eigenvalue weighted by molar-refractivity contribution is 4.94. The van der Waals surface area contributed by atoms with E-state index in [2.05, 4.69) is 0 Å². The summed E-state index contributed by atoms with van der Waals surface area (Å²) in [6.45, 7) is 1.96. The maximum Gasteiger partial charge on any atom is 0.0625 e. The minimum absolute atomic E-state index is 0.355. The first-order valence-corrected chi connectivity index (χ1v) is 5.05. The SMILES string of the molecule is C[C@@]1(O)CC2CCC(N)C(C2)C1. The van der Waals surface area contributed by atoms with Crippen LogP contribution in [-0.4, -0.2) is 16.7 Å². The van der Waals surface area contributed by atoms with E-state index in [4.69, 9.17) is 5.73 Å². The Morgan fingerprint density at radius 3 is 2.83 bits per heavy atom. The molecule has 0 amide bonds. The Morgan fingerprint density at radius 1 is 1.33 bits per heavy atom. The van der Waals surface area contributed by atoms with Crippen molar-refractivity contribution in [2.75, 3.05) is 0 Å². The maximum absolute atomic E-state index is 9.94. The first-order valence-electron chi connectivity index (χ1n) is 5.05. The van der Waals surface area contributed by atoms with Gasteiger partial charge in [0.05, 0.1) is 5.60 Å². The van der Waals surface area contributed by atoms with Gasteiger partial charge in [0.25, 0.3) is 0 Å². The van der Waals surface area contributed by atoms with Gasteiger partial charge in [-0.15, -0.1) is 0 Å². The van der Waals surface area contributed by atoms with Gasteiger partial charge in [0, 0.05) is 6.04 Å². The van der Waals surface area contributed by atoms with E-state index in [9.17, 15) is 5.11 Å². The lowest BCUT2D eigenvalue weighted by Gasteiger charge is -2.45. The molecule has 0 aromatic carbocycles. The van der Waals surface area contributed by atoms with Crippen LogP contribution in [0.2, 0.25) is 0 Å². The molecule has 2 aliphatic carbocycles. The van der Waals surface area contributed by atoms with Gasteiger partial charge < -0.3 is 10.8 Å². The summed E-state index contributed by atoms with van der Waals surface area (Å²) in [5.41, 5.74) is 5.57. The van der Waals surface area contributed by atoms with E-state index in [1.807, 2.05) is 6.92 Å². The number of hydrogen-bond donors (Lipinski definition) is 2. The molecule has 4 atom stereocenters. The van der Waals surface area contributed by atoms with Crippen LogP contribution in [0.5, 0.6) is 0 Å². The minimum Gasteiger partial charge on any atom is -0.390 e. The lowest BCUT2D eigenvalue weighted by atomic mass is 9.65. The number of aliphatic hydroxyl groups is 1. The van der Waals surface area contributed by atoms with Crippen LogP contribution in [-0.2, 0) is 0 Å². The Balaban J connectivity index is 2.09. The molecule has 3 N–H and O–H groups in total. The van der Waals surface area contributed by atoms with Gasteiger partial charge in [0.15, 0.2) is 0 Å². The summed E-state index contributed by atoms with van der Waals surface area (Å²) < 4.78 is 0. The monoisotopic (exact) mass is 169 g/mol. The van der Waals surface area contributed by atoms with Crippen LogP contribution < -0.4 is 5.73 Å². The first-order chi connectivity index (χ1) is 5.57. The number of nitrogens with two attached hydrogens (primary N) is 1. The molecule has 2 bridgehead atoms. The van der Waals surface area contributed by atoms with Gasteiger partial charge in [-0.1, -0.05) is 0 Å². The number of rotatable bonds is 0. The molecular formula is C10H19NO. The van der Waals surface area contributed by atoms with E-state index >= 15 is 0 Å². The first kappa shape index (κ1) is 8.52. The number of fused-ring (bicyclic) bond motifs is 2. The molecule has 3 unspecified atom stereocenters. The normalized spacial score (nSPS) is 53.8. The van der Waals surface area contributed by atoms with Crippen molar-refractivity contribution in [2.24, 2.45) is 17.6 Å². The fourth-order valence-corrected chi connectivity index (χ4v) is 3.07. The van der Waals surface area contributed by atoms with E-state index in [0.29, 0.717) is 12.0 Å². The molecule has 0 saturated heterocycles. The van der Waals surface area contributed by atoms with Crippen molar-refractivity contribution < 1.29 is 5.11 Å². The predicted octanol–water partition coefficient (Wildman–Crippen LogP) is 1.27. The molecule has 2 fully saturated rings. The molecule has 2 rings (SSSR count). The van der Waals surface area contributed by atoms with E-state index in [0.717, 1.165) is 18.8 Å². The highest BCUT2D eigenvalue weighted by Crippen LogP contribution is 2.43. The molecule has 0 aromatic heterocycles. The highest BCUT2D eigenvalue weighted by atomic mass is 16.3. The minimum atomic E-state index is -0.425. The molecule has 0 aliphatic heterocycles. The van der Waals surface area contributed by atoms with Gasteiger partial charge in [0.2, 0.25) is 0 Å². The Kier molecular flexibility index (Phi) is 1.92. The summed E-state index contributed by atoms with van der Waals surface area (Å²) >= 11 is 0. The Morgan fingerprint density at radius 2 is 2.08 bits per heavy atom. The fraction of sp³-hybridized carbons (Fsp3) is 1.00. The second-order valence-corrected chi connectivity index (χ2v) is 5.01. The van der Waals surface area contributed by atoms with Gasteiger partial charge in [-0.3, -0.25) is 0 Å². The van der Waals surface area contributed by atoms with Crippen LogP contribution in [0.3, 0.4) is 0 Å². The molecule has 12 heavy (non-hydrogen) atoms. The average Bonchev–Trinajstić information content (AvgIpc) is 1.95. The van der Waals surface area contributed by atoms with Gasteiger partial charge in [0.1, 0.15) is 0 Å². The van der Waals surface area contributed by atoms with E-state index in [1.54, 1.807) is 0 Å². The molecule has 0 heterocycles. The van der Waals surface area contributed by atoms with Crippen LogP contribution >= 0.6 is 0 Å². The summed E-state index contributed by atoms with van der Waals surface area (Å²) in [7, 11) is 0. The average molecular weight is 169 g/mol. The summed E-state index contributed by atoms with van der Waals surface area (Å²) in [6, 6.07) is 0.355. The summed E-state index contributed by atoms with van der Waals surface area (Å²) in [5, 5.41) is 9.94. The smallest absolute Gasteiger partial charge is 0.0625 e. The van der Waals surface area contributed by atoms with E-state index in [-0.39, 0.29) is 0 Å². The molecule has 2 heteroatoms. The Bertz CT molecular complexity index is 179. The van der Waals surface area contributed by atoms with Crippen LogP contribution in [0.4, 0.5) is 0 Å². The van der Waals surface area contributed by atoms with Gasteiger partial charge in [-0.25, -0.2) is 0 Å². The summed E-state index contributed by atoms with van der Waals surface area (Å²) in [5.74, 6) is 1.34. The number of hydrogen-bond acceptors (Lipinski definition) is 2. The topological polar surface area (TPSA) is 46.2 Å². The van der Waals surface area contributed by atoms with Gasteiger partial charge >= 0.3 is 0 Å². The quantitative estimate of drug-likeness (QED) is 0.573. The molecular weight excluding hydrogens is 150 g/mol. The second-order valence-electron chi connectivity index (χ2n) is 5.01. The van der Waals surface area contributed by atoms with Crippen molar-refractivity contribution in [3.63, 3.8) is 0 Å². The van der Waals surface area contributed by atoms with Crippen molar-refractivity contribution >= 4 is 0 Å². The zero-order chi connectivity index (χ0) is 8.77. The summed E-state index contributed by atoms with van der Waals surface area (Å²) in [6.07, 6.45) is 5.58. The van der Waals surface area contributed by atoms with Crippen molar-refractivity contribution in [2.45, 2.75) is 50.7 Å². The van der Waals surface area contributed by atoms with Crippen LogP contribution in [0, 0.1) is 11.8 Å². The van der Waals surface area contributed by atoms with E-state index < -0.39 is 5.60 Å². The van der Waals surface area contributed by atoms with Crippen LogP contribution in [0.25, 0.3) is 0 Å². The van der Waals surface area contributed by atoms with Crippen molar-refractivity contribution in [3.05, 3.63) is 0 Å². The van der Waals surface area contributed by atoms with Crippen molar-refractivity contribution in [3.8, 4) is 0 Å². The fourth-order valence-electron chi connectivity index (χ4n) is 3.07. The second kappa shape index (κ2) is 2.71. The molecule has 0 spiro atoms. The third-order valence-electron chi connectivity index (χ3n) is 3.58. The maximum atomic E-state index is 9.94. The standard InChI is InChI=1S/C10H19NO/c1-10(12)5-7-2-3-9(11)8(4-7)6-10/h7-9,12H,2-6,11H2,1H3/t7?,8?,9?,10-/m1/s1. The molecule has 0 aromatic rings. The molecule has 2 saturated carbocycles. The largest absolute Gasteiger partial charge is 0.390 e. The highest BCUT2D eigenvalue weighted by Gasteiger charge is 2.40. The molecule has 0 radical (unpaired) electrons. The Labute approximate surface area is 74.1 Å². The zero-order valence-electron chi connectivity index (χ0n) is 7.79. The zero-order valence-corrected chi connectivity index (χ0v) is 7.79. The Hall–Kier alpha value is -0.0800. The molecule has 70 valence electrons. The molecule has 2 aliphatic rings. The third-order valence-corrected chi connectivity index (χ3v) is 3.58. The van der Waals surface area contributed by atoms with Crippen LogP contribution in [0.15, 0.2) is 0 Å².